The number of methoxy groups -OCH3 is 1. The van der Waals surface area contributed by atoms with Crippen LogP contribution in [0.4, 0.5) is 5.69 Å². The van der Waals surface area contributed by atoms with Crippen LogP contribution in [0.3, 0.4) is 0 Å². The molecule has 214 valence electrons. The van der Waals surface area contributed by atoms with Gasteiger partial charge < -0.3 is 15.0 Å². The predicted octanol–water partition coefficient (Wildman–Crippen LogP) is 4.84. The first-order valence-electron chi connectivity index (χ1n) is 13.4. The number of benzene rings is 3. The maximum Gasteiger partial charge on any atom is 0.264 e. The molecule has 0 aliphatic carbocycles. The molecule has 9 heteroatoms. The molecule has 0 aliphatic rings. The largest absolute Gasteiger partial charge is 0.497 e. The molecule has 1 unspecified atom stereocenters. The van der Waals surface area contributed by atoms with E-state index in [0.717, 1.165) is 15.4 Å². The lowest BCUT2D eigenvalue weighted by atomic mass is 10.1. The van der Waals surface area contributed by atoms with E-state index in [1.165, 1.54) is 4.90 Å². The summed E-state index contributed by atoms with van der Waals surface area (Å²) in [6.45, 7) is 8.88. The molecule has 3 aromatic rings. The van der Waals surface area contributed by atoms with Crippen LogP contribution in [-0.4, -0.2) is 50.9 Å². The van der Waals surface area contributed by atoms with Crippen molar-refractivity contribution in [2.75, 3.05) is 18.0 Å². The molecule has 0 saturated carbocycles. The number of sulfonamides is 1. The molecule has 0 spiro atoms. The van der Waals surface area contributed by atoms with E-state index in [0.29, 0.717) is 23.4 Å². The fourth-order valence-corrected chi connectivity index (χ4v) is 5.90. The van der Waals surface area contributed by atoms with E-state index in [-0.39, 0.29) is 23.4 Å². The Hall–Kier alpha value is -3.85. The summed E-state index contributed by atoms with van der Waals surface area (Å²) >= 11 is 0. The molecule has 40 heavy (non-hydrogen) atoms. The number of para-hydroxylation sites is 1. The lowest BCUT2D eigenvalue weighted by Crippen LogP contribution is -2.53. The summed E-state index contributed by atoms with van der Waals surface area (Å²) in [5.74, 6) is -0.107. The minimum Gasteiger partial charge on any atom is -0.497 e. The molecule has 2 amide bonds. The molecule has 0 saturated heterocycles. The third-order valence-corrected chi connectivity index (χ3v) is 8.37. The molecule has 0 aromatic heterocycles. The van der Waals surface area contributed by atoms with Gasteiger partial charge in [0, 0.05) is 12.6 Å². The maximum atomic E-state index is 14.1. The Balaban J connectivity index is 2.07. The molecular formula is C31H39N3O5S. The van der Waals surface area contributed by atoms with E-state index in [2.05, 4.69) is 5.32 Å². The van der Waals surface area contributed by atoms with E-state index in [1.807, 2.05) is 45.9 Å². The molecule has 0 fully saturated rings. The number of carbonyl (C=O) groups excluding carboxylic acids is 2. The molecule has 0 heterocycles. The highest BCUT2D eigenvalue weighted by molar-refractivity contribution is 7.92. The van der Waals surface area contributed by atoms with Gasteiger partial charge in [0.05, 0.1) is 17.7 Å². The predicted molar refractivity (Wildman–Crippen MR) is 158 cm³/mol. The summed E-state index contributed by atoms with van der Waals surface area (Å²) in [5.41, 5.74) is 2.82. The number of rotatable bonds is 12. The maximum absolute atomic E-state index is 14.1. The molecule has 8 nitrogen and oxygen atoms in total. The third kappa shape index (κ3) is 7.41. The second kappa shape index (κ2) is 13.5. The Morgan fingerprint density at radius 3 is 2.10 bits per heavy atom. The third-order valence-electron chi connectivity index (χ3n) is 6.60. The number of hydrogen-bond donors (Lipinski definition) is 1. The monoisotopic (exact) mass is 565 g/mol. The van der Waals surface area contributed by atoms with Gasteiger partial charge >= 0.3 is 0 Å². The van der Waals surface area contributed by atoms with Crippen molar-refractivity contribution in [3.8, 4) is 5.75 Å². The highest BCUT2D eigenvalue weighted by Crippen LogP contribution is 2.28. The standard InChI is InChI=1S/C31H39N3O5S/c1-7-28(31(36)32-22(2)3)33(20-25-14-16-26(39-6)17-15-25)30(35)21-34(29-11-9-8-10-24(29)5)40(37,38)27-18-12-23(4)13-19-27/h8-19,22,28H,7,20-21H2,1-6H3,(H,32,36). The molecule has 3 aromatic carbocycles. The Morgan fingerprint density at radius 1 is 0.925 bits per heavy atom. The van der Waals surface area contributed by atoms with E-state index < -0.39 is 28.5 Å². The molecule has 1 atom stereocenters. The number of nitrogens with zero attached hydrogens (tertiary/aromatic N) is 2. The molecule has 1 N–H and O–H groups in total. The normalized spacial score (nSPS) is 12.1. The second-order valence-electron chi connectivity index (χ2n) is 10.1. The van der Waals surface area contributed by atoms with Gasteiger partial charge in [0.25, 0.3) is 10.0 Å². The summed E-state index contributed by atoms with van der Waals surface area (Å²) in [6, 6.07) is 19.9. The number of ether oxygens (including phenoxy) is 1. The number of amides is 2. The van der Waals surface area contributed by atoms with Crippen molar-refractivity contribution in [1.29, 1.82) is 0 Å². The summed E-state index contributed by atoms with van der Waals surface area (Å²) in [4.78, 5) is 28.9. The first kappa shape index (κ1) is 30.7. The van der Waals surface area contributed by atoms with Crippen LogP contribution >= 0.6 is 0 Å². The fraction of sp³-hybridized carbons (Fsp3) is 0.355. The van der Waals surface area contributed by atoms with Gasteiger partial charge in [0.1, 0.15) is 18.3 Å². The average molecular weight is 566 g/mol. The first-order chi connectivity index (χ1) is 19.0. The van der Waals surface area contributed by atoms with Gasteiger partial charge in [-0.1, -0.05) is 55.0 Å². The summed E-state index contributed by atoms with van der Waals surface area (Å²) in [5, 5.41) is 2.90. The Bertz CT molecular complexity index is 1400. The minimum absolute atomic E-state index is 0.0837. The van der Waals surface area contributed by atoms with Crippen molar-refractivity contribution in [3.63, 3.8) is 0 Å². The SMILES string of the molecule is CCC(C(=O)NC(C)C)N(Cc1ccc(OC)cc1)C(=O)CN(c1ccccc1C)S(=O)(=O)c1ccc(C)cc1. The Labute approximate surface area is 238 Å². The van der Waals surface area contributed by atoms with Gasteiger partial charge in [0.2, 0.25) is 11.8 Å². The Morgan fingerprint density at radius 2 is 1.55 bits per heavy atom. The van der Waals surface area contributed by atoms with Crippen molar-refractivity contribution in [3.05, 3.63) is 89.5 Å². The van der Waals surface area contributed by atoms with Crippen molar-refractivity contribution >= 4 is 27.5 Å². The van der Waals surface area contributed by atoms with Gasteiger partial charge in [-0.15, -0.1) is 0 Å². The van der Waals surface area contributed by atoms with E-state index in [4.69, 9.17) is 4.74 Å². The van der Waals surface area contributed by atoms with E-state index in [1.54, 1.807) is 68.6 Å². The smallest absolute Gasteiger partial charge is 0.264 e. The highest BCUT2D eigenvalue weighted by atomic mass is 32.2. The fourth-order valence-electron chi connectivity index (χ4n) is 4.42. The second-order valence-corrected chi connectivity index (χ2v) is 11.9. The number of anilines is 1. The zero-order chi connectivity index (χ0) is 29.4. The zero-order valence-electron chi connectivity index (χ0n) is 24.0. The zero-order valence-corrected chi connectivity index (χ0v) is 24.9. The molecule has 0 aliphatic heterocycles. The van der Waals surface area contributed by atoms with Crippen LogP contribution in [0.25, 0.3) is 0 Å². The van der Waals surface area contributed by atoms with Crippen LogP contribution in [0.5, 0.6) is 5.75 Å². The first-order valence-corrected chi connectivity index (χ1v) is 14.8. The van der Waals surface area contributed by atoms with Crippen LogP contribution in [0, 0.1) is 13.8 Å². The summed E-state index contributed by atoms with van der Waals surface area (Å²) in [6.07, 6.45) is 0.357. The van der Waals surface area contributed by atoms with Crippen LogP contribution in [-0.2, 0) is 26.2 Å². The number of aryl methyl sites for hydroxylation is 2. The van der Waals surface area contributed by atoms with Crippen LogP contribution < -0.4 is 14.4 Å². The van der Waals surface area contributed by atoms with Gasteiger partial charge in [-0.2, -0.15) is 0 Å². The minimum atomic E-state index is -4.11. The average Bonchev–Trinajstić information content (AvgIpc) is 2.92. The number of nitrogens with one attached hydrogen (secondary N) is 1. The lowest BCUT2D eigenvalue weighted by molar-refractivity contribution is -0.140. The van der Waals surface area contributed by atoms with Gasteiger partial charge in [-0.25, -0.2) is 8.42 Å². The van der Waals surface area contributed by atoms with Crippen molar-refractivity contribution in [2.24, 2.45) is 0 Å². The molecule has 3 rings (SSSR count). The van der Waals surface area contributed by atoms with Crippen LogP contribution in [0.1, 0.15) is 43.9 Å². The quantitative estimate of drug-likeness (QED) is 0.339. The summed E-state index contributed by atoms with van der Waals surface area (Å²) < 4.78 is 34.3. The number of carbonyl (C=O) groups is 2. The topological polar surface area (TPSA) is 96.0 Å². The lowest BCUT2D eigenvalue weighted by Gasteiger charge is -2.34. The molecule has 0 bridgehead atoms. The van der Waals surface area contributed by atoms with Crippen molar-refractivity contribution in [2.45, 2.75) is 64.6 Å². The van der Waals surface area contributed by atoms with Gasteiger partial charge in [0.15, 0.2) is 0 Å². The van der Waals surface area contributed by atoms with E-state index >= 15 is 0 Å². The van der Waals surface area contributed by atoms with Gasteiger partial charge in [-0.3, -0.25) is 13.9 Å². The van der Waals surface area contributed by atoms with E-state index in [9.17, 15) is 18.0 Å². The summed E-state index contributed by atoms with van der Waals surface area (Å²) in [7, 11) is -2.53. The molecular weight excluding hydrogens is 526 g/mol. The number of hydrogen-bond acceptors (Lipinski definition) is 5. The molecule has 0 radical (unpaired) electrons. The highest BCUT2D eigenvalue weighted by Gasteiger charge is 2.34. The van der Waals surface area contributed by atoms with Crippen molar-refractivity contribution in [1.82, 2.24) is 10.2 Å². The van der Waals surface area contributed by atoms with Crippen LogP contribution in [0.2, 0.25) is 0 Å². The van der Waals surface area contributed by atoms with Gasteiger partial charge in [-0.05, 0) is 75.6 Å². The van der Waals surface area contributed by atoms with Crippen LogP contribution in [0.15, 0.2) is 77.7 Å². The Kier molecular flexibility index (Phi) is 10.3. The van der Waals surface area contributed by atoms with Crippen molar-refractivity contribution < 1.29 is 22.7 Å².